The topological polar surface area (TPSA) is 126 Å². The fourth-order valence-electron chi connectivity index (χ4n) is 11.4. The van der Waals surface area contributed by atoms with E-state index in [1.807, 2.05) is 13.8 Å². The van der Waals surface area contributed by atoms with Crippen LogP contribution in [0.4, 0.5) is 0 Å². The maximum absolute atomic E-state index is 12.7. The Hall–Kier alpha value is -1.03. The summed E-state index contributed by atoms with van der Waals surface area (Å²) >= 11 is 0. The Balaban J connectivity index is 1.39. The molecule has 1 aliphatic heterocycles. The van der Waals surface area contributed by atoms with E-state index in [0.717, 1.165) is 32.1 Å². The lowest BCUT2D eigenvalue weighted by atomic mass is 9.37. The number of hydrogen-bond donors (Lipinski definition) is 4. The molecule has 0 aromatic carbocycles. The van der Waals surface area contributed by atoms with E-state index in [0.29, 0.717) is 25.2 Å². The summed E-state index contributed by atoms with van der Waals surface area (Å²) in [5.41, 5.74) is -1.06. The first kappa shape index (κ1) is 34.3. The van der Waals surface area contributed by atoms with Gasteiger partial charge in [-0.1, -0.05) is 60.1 Å². The van der Waals surface area contributed by atoms with Gasteiger partial charge in [0.15, 0.2) is 6.29 Å². The highest BCUT2D eigenvalue weighted by molar-refractivity contribution is 5.69. The molecule has 8 nitrogen and oxygen atoms in total. The largest absolute Gasteiger partial charge is 0.462 e. The van der Waals surface area contributed by atoms with Gasteiger partial charge in [-0.2, -0.15) is 0 Å². The molecule has 44 heavy (non-hydrogen) atoms. The molecule has 8 heteroatoms. The number of rotatable bonds is 8. The molecule has 252 valence electrons. The number of carbonyl (C=O) groups is 1. The third-order valence-corrected chi connectivity index (χ3v) is 13.8. The maximum atomic E-state index is 12.7. The van der Waals surface area contributed by atoms with Crippen molar-refractivity contribution in [2.75, 3.05) is 13.7 Å². The molecular formula is C36H60O8. The van der Waals surface area contributed by atoms with E-state index in [4.69, 9.17) is 14.2 Å². The molecule has 1 heterocycles. The summed E-state index contributed by atoms with van der Waals surface area (Å²) in [5.74, 6) is 0.907. The van der Waals surface area contributed by atoms with Gasteiger partial charge in [0.2, 0.25) is 0 Å². The number of hydrogen-bond acceptors (Lipinski definition) is 8. The summed E-state index contributed by atoms with van der Waals surface area (Å²) in [4.78, 5) is 12.7. The van der Waals surface area contributed by atoms with Crippen LogP contribution in [-0.2, 0) is 19.0 Å². The number of aliphatic hydroxyl groups is 4. The number of ether oxygens (including phenoxy) is 3. The molecule has 1 saturated heterocycles. The minimum Gasteiger partial charge on any atom is -0.462 e. The van der Waals surface area contributed by atoms with Crippen LogP contribution < -0.4 is 0 Å². The van der Waals surface area contributed by atoms with Crippen LogP contribution in [0.1, 0.15) is 107 Å². The van der Waals surface area contributed by atoms with E-state index in [9.17, 15) is 25.2 Å². The molecule has 0 aromatic rings. The van der Waals surface area contributed by atoms with Crippen LogP contribution in [0.25, 0.3) is 0 Å². The van der Waals surface area contributed by atoms with Gasteiger partial charge < -0.3 is 34.6 Å². The molecule has 4 N–H and O–H groups in total. The number of aliphatic hydroxyl groups excluding tert-OH is 3. The molecule has 0 radical (unpaired) electrons. The second-order valence-electron chi connectivity index (χ2n) is 17.1. The summed E-state index contributed by atoms with van der Waals surface area (Å²) in [6.45, 7) is 16.6. The second-order valence-corrected chi connectivity index (χ2v) is 17.1. The van der Waals surface area contributed by atoms with Crippen LogP contribution in [0.5, 0.6) is 0 Å². The fraction of sp³-hybridized carbons (Fsp3) is 0.917. The Morgan fingerprint density at radius 1 is 1.11 bits per heavy atom. The van der Waals surface area contributed by atoms with Crippen LogP contribution in [0.3, 0.4) is 0 Å². The van der Waals surface area contributed by atoms with E-state index < -0.39 is 36.8 Å². The van der Waals surface area contributed by atoms with Gasteiger partial charge in [0.1, 0.15) is 17.8 Å². The number of fused-ring (bicyclic) bond motifs is 5. The molecule has 5 rings (SSSR count). The van der Waals surface area contributed by atoms with Crippen molar-refractivity contribution in [3.63, 3.8) is 0 Å². The van der Waals surface area contributed by atoms with Gasteiger partial charge >= 0.3 is 5.97 Å². The third kappa shape index (κ3) is 5.13. The summed E-state index contributed by atoms with van der Waals surface area (Å²) < 4.78 is 18.1. The lowest BCUT2D eigenvalue weighted by molar-refractivity contribution is -0.222. The maximum Gasteiger partial charge on any atom is 0.306 e. The predicted octanol–water partition coefficient (Wildman–Crippen LogP) is 5.00. The number of methoxy groups -OCH3 is 1. The Kier molecular flexibility index (Phi) is 9.04. The van der Waals surface area contributed by atoms with E-state index in [2.05, 4.69) is 40.7 Å². The molecular weight excluding hydrogens is 560 g/mol. The molecule has 5 aliphatic rings. The standard InChI is InChI=1S/C36H60O8/c1-20(2)16-29(39)44-28-13-15-34(6)25-12-14-33(5)22(21-17-23(43-31(21)42-9)30(40)35(7,41)19-37)10-11-24(33)36(25,8)27(38)18-26(34)32(28,3)4/h11,20-23,25-28,30-31,37-38,40-41H,10,12-19H2,1-9H3/t21-,22-,23-,25+,26-,27+,28+,30?,31-,33-,34+,35?,36-/m0/s1. The zero-order valence-electron chi connectivity index (χ0n) is 28.6. The summed E-state index contributed by atoms with van der Waals surface area (Å²) in [6.07, 6.45) is 5.70. The minimum atomic E-state index is -1.66. The van der Waals surface area contributed by atoms with E-state index in [1.54, 1.807) is 7.11 Å². The summed E-state index contributed by atoms with van der Waals surface area (Å²) in [7, 11) is 1.63. The minimum absolute atomic E-state index is 0.00649. The predicted molar refractivity (Wildman–Crippen MR) is 167 cm³/mol. The fourth-order valence-corrected chi connectivity index (χ4v) is 11.4. The highest BCUT2D eigenvalue weighted by Crippen LogP contribution is 2.73. The average Bonchev–Trinajstić information content (AvgIpc) is 3.52. The zero-order valence-corrected chi connectivity index (χ0v) is 28.6. The van der Waals surface area contributed by atoms with Crippen molar-refractivity contribution in [2.24, 2.45) is 51.2 Å². The molecule has 0 bridgehead atoms. The number of esters is 1. The second kappa shape index (κ2) is 11.6. The van der Waals surface area contributed by atoms with Crippen LogP contribution in [0.2, 0.25) is 0 Å². The molecule has 0 spiro atoms. The number of carbonyl (C=O) groups excluding carboxylic acids is 1. The normalized spacial score (nSPS) is 46.8. The first-order valence-electron chi connectivity index (χ1n) is 17.2. The van der Waals surface area contributed by atoms with Crippen molar-refractivity contribution in [2.45, 2.75) is 143 Å². The van der Waals surface area contributed by atoms with Gasteiger partial charge in [0, 0.05) is 30.3 Å². The summed E-state index contributed by atoms with van der Waals surface area (Å²) in [6, 6.07) is 0. The Bertz CT molecular complexity index is 1120. The van der Waals surface area contributed by atoms with E-state index in [-0.39, 0.29) is 57.4 Å². The third-order valence-electron chi connectivity index (χ3n) is 13.8. The smallest absolute Gasteiger partial charge is 0.306 e. The Labute approximate surface area is 264 Å². The zero-order chi connectivity index (χ0) is 32.6. The first-order valence-corrected chi connectivity index (χ1v) is 17.2. The van der Waals surface area contributed by atoms with Crippen molar-refractivity contribution in [3.8, 4) is 0 Å². The molecule has 13 atom stereocenters. The molecule has 2 unspecified atom stereocenters. The van der Waals surface area contributed by atoms with Crippen molar-refractivity contribution in [3.05, 3.63) is 11.6 Å². The lowest BCUT2D eigenvalue weighted by Gasteiger charge is -2.68. The van der Waals surface area contributed by atoms with Crippen molar-refractivity contribution in [1.82, 2.24) is 0 Å². The van der Waals surface area contributed by atoms with Gasteiger partial charge in [0.25, 0.3) is 0 Å². The van der Waals surface area contributed by atoms with Crippen LogP contribution >= 0.6 is 0 Å². The molecule has 0 aromatic heterocycles. The van der Waals surface area contributed by atoms with Crippen molar-refractivity contribution >= 4 is 5.97 Å². The molecule has 0 amide bonds. The van der Waals surface area contributed by atoms with Gasteiger partial charge in [-0.05, 0) is 86.4 Å². The van der Waals surface area contributed by atoms with Gasteiger partial charge in [-0.25, -0.2) is 0 Å². The van der Waals surface area contributed by atoms with E-state index in [1.165, 1.54) is 12.5 Å². The molecule has 3 saturated carbocycles. The summed E-state index contributed by atoms with van der Waals surface area (Å²) in [5, 5.41) is 43.3. The van der Waals surface area contributed by atoms with Crippen LogP contribution in [0, 0.1) is 51.2 Å². The average molecular weight is 621 g/mol. The molecule has 4 aliphatic carbocycles. The van der Waals surface area contributed by atoms with Crippen molar-refractivity contribution < 1.29 is 39.4 Å². The number of allylic oxidation sites excluding steroid dienone is 1. The monoisotopic (exact) mass is 620 g/mol. The van der Waals surface area contributed by atoms with Crippen LogP contribution in [-0.4, -0.2) is 76.4 Å². The highest BCUT2D eigenvalue weighted by Gasteiger charge is 2.69. The van der Waals surface area contributed by atoms with Crippen molar-refractivity contribution in [1.29, 1.82) is 0 Å². The van der Waals surface area contributed by atoms with Crippen LogP contribution in [0.15, 0.2) is 11.6 Å². The lowest BCUT2D eigenvalue weighted by Crippen LogP contribution is -2.65. The van der Waals surface area contributed by atoms with Gasteiger partial charge in [0.05, 0.1) is 18.8 Å². The van der Waals surface area contributed by atoms with Gasteiger partial charge in [-0.3, -0.25) is 4.79 Å². The van der Waals surface area contributed by atoms with Gasteiger partial charge in [-0.15, -0.1) is 0 Å². The molecule has 4 fully saturated rings. The van der Waals surface area contributed by atoms with E-state index >= 15 is 0 Å². The first-order chi connectivity index (χ1) is 20.4. The quantitative estimate of drug-likeness (QED) is 0.221. The Morgan fingerprint density at radius 3 is 2.41 bits per heavy atom. The SMILES string of the molecule is CO[C@H]1O[C@H](C(O)C(C)(O)CO)C[C@H]1[C@@H]1CC=C2[C@]3(C)[C@H](O)C[C@H]4C(C)(C)[C@H](OC(=O)CC(C)C)CC[C@]4(C)[C@H]3CC[C@]21C. The highest BCUT2D eigenvalue weighted by atomic mass is 16.7. The Morgan fingerprint density at radius 2 is 1.80 bits per heavy atom.